The molecule has 0 aliphatic heterocycles. The van der Waals surface area contributed by atoms with Gasteiger partial charge in [-0.1, -0.05) is 24.3 Å². The highest BCUT2D eigenvalue weighted by Gasteiger charge is 2.27. The second-order valence-electron chi connectivity index (χ2n) is 7.97. The first-order chi connectivity index (χ1) is 15.6. The summed E-state index contributed by atoms with van der Waals surface area (Å²) in [5.41, 5.74) is 3.49. The van der Waals surface area contributed by atoms with E-state index in [2.05, 4.69) is 26.6 Å². The van der Waals surface area contributed by atoms with Crippen molar-refractivity contribution < 1.29 is 4.79 Å². The van der Waals surface area contributed by atoms with Crippen LogP contribution in [-0.2, 0) is 17.6 Å². The lowest BCUT2D eigenvalue weighted by molar-refractivity contribution is -0.117. The number of fused-ring (bicyclic) bond motifs is 2. The molecule has 32 heavy (non-hydrogen) atoms. The molecular weight excluding hydrogens is 402 g/mol. The zero-order valence-corrected chi connectivity index (χ0v) is 18.0. The minimum absolute atomic E-state index is 0.142. The van der Waals surface area contributed by atoms with E-state index in [-0.39, 0.29) is 5.91 Å². The molecule has 0 saturated heterocycles. The number of amides is 1. The Kier molecular flexibility index (Phi) is 5.18. The Morgan fingerprint density at radius 1 is 1.06 bits per heavy atom. The Balaban J connectivity index is 1.49. The summed E-state index contributed by atoms with van der Waals surface area (Å²) >= 11 is 0. The van der Waals surface area contributed by atoms with E-state index in [4.69, 9.17) is 9.97 Å². The van der Waals surface area contributed by atoms with Crippen LogP contribution in [0.3, 0.4) is 0 Å². The fourth-order valence-corrected chi connectivity index (χ4v) is 4.00. The van der Waals surface area contributed by atoms with Crippen molar-refractivity contribution >= 4 is 28.2 Å². The predicted molar refractivity (Wildman–Crippen MR) is 123 cm³/mol. The molecule has 1 amide bonds. The number of likely N-dealkylation sites (N-methyl/N-ethyl adjacent to an activating group) is 1. The summed E-state index contributed by atoms with van der Waals surface area (Å²) in [7, 11) is 1.90. The number of aryl methyl sites for hydroxylation is 1. The lowest BCUT2D eigenvalue weighted by Gasteiger charge is -2.27. The predicted octanol–water partition coefficient (Wildman–Crippen LogP) is 3.43. The standard InChI is InChI=1S/C24H23N7O/c1-15(24(32)28-18-10-11-26-27-14-18)31(2)23-19-8-5-9-20(19)29-22(30-23)21-12-16-6-3-4-7-17(16)13-25-21/h3-4,6-7,10-15H,5,8-9H2,1-2H3,(H,26,28,32). The van der Waals surface area contributed by atoms with E-state index in [9.17, 15) is 4.79 Å². The van der Waals surface area contributed by atoms with Gasteiger partial charge in [-0.15, -0.1) is 0 Å². The summed E-state index contributed by atoms with van der Waals surface area (Å²) in [4.78, 5) is 29.1. The van der Waals surface area contributed by atoms with Crippen LogP contribution in [-0.4, -0.2) is 44.1 Å². The topological polar surface area (TPSA) is 96.8 Å². The Morgan fingerprint density at radius 3 is 2.72 bits per heavy atom. The van der Waals surface area contributed by atoms with Gasteiger partial charge in [-0.25, -0.2) is 9.97 Å². The molecule has 1 aliphatic rings. The van der Waals surface area contributed by atoms with Crippen LogP contribution in [0, 0.1) is 0 Å². The number of hydrogen-bond donors (Lipinski definition) is 1. The molecule has 1 unspecified atom stereocenters. The number of rotatable bonds is 5. The van der Waals surface area contributed by atoms with E-state index in [0.29, 0.717) is 11.5 Å². The average Bonchev–Trinajstić information content (AvgIpc) is 3.31. The van der Waals surface area contributed by atoms with Crippen LogP contribution in [0.15, 0.2) is 55.0 Å². The third-order valence-electron chi connectivity index (χ3n) is 5.92. The number of nitrogens with one attached hydrogen (secondary N) is 1. The van der Waals surface area contributed by atoms with Gasteiger partial charge in [-0.05, 0) is 43.7 Å². The van der Waals surface area contributed by atoms with Crippen LogP contribution in [0.5, 0.6) is 0 Å². The van der Waals surface area contributed by atoms with Gasteiger partial charge in [0, 0.05) is 29.9 Å². The molecule has 0 saturated carbocycles. The number of carbonyl (C=O) groups is 1. The molecule has 8 nitrogen and oxygen atoms in total. The van der Waals surface area contributed by atoms with Crippen LogP contribution >= 0.6 is 0 Å². The third kappa shape index (κ3) is 3.75. The second kappa shape index (κ2) is 8.30. The molecule has 160 valence electrons. The first kappa shape index (κ1) is 20.0. The zero-order valence-electron chi connectivity index (χ0n) is 18.0. The number of pyridine rings is 1. The lowest BCUT2D eigenvalue weighted by Crippen LogP contribution is -2.40. The first-order valence-electron chi connectivity index (χ1n) is 10.7. The molecule has 0 fully saturated rings. The van der Waals surface area contributed by atoms with E-state index in [1.54, 1.807) is 12.3 Å². The van der Waals surface area contributed by atoms with Crippen molar-refractivity contribution in [1.82, 2.24) is 25.1 Å². The zero-order chi connectivity index (χ0) is 22.1. The van der Waals surface area contributed by atoms with Crippen LogP contribution < -0.4 is 10.2 Å². The van der Waals surface area contributed by atoms with Crippen molar-refractivity contribution in [2.45, 2.75) is 32.2 Å². The minimum Gasteiger partial charge on any atom is -0.348 e. The number of hydrogen-bond acceptors (Lipinski definition) is 7. The van der Waals surface area contributed by atoms with Gasteiger partial charge >= 0.3 is 0 Å². The summed E-state index contributed by atoms with van der Waals surface area (Å²) in [6.45, 7) is 1.86. The fraction of sp³-hybridized carbons (Fsp3) is 0.250. The van der Waals surface area contributed by atoms with Crippen LogP contribution in [0.2, 0.25) is 0 Å². The van der Waals surface area contributed by atoms with Crippen molar-refractivity contribution in [3.05, 3.63) is 66.2 Å². The Labute approximate surface area is 185 Å². The van der Waals surface area contributed by atoms with E-state index >= 15 is 0 Å². The van der Waals surface area contributed by atoms with Crippen molar-refractivity contribution in [3.63, 3.8) is 0 Å². The smallest absolute Gasteiger partial charge is 0.246 e. The van der Waals surface area contributed by atoms with Gasteiger partial charge in [-0.2, -0.15) is 10.2 Å². The molecule has 0 radical (unpaired) electrons. The Hall–Kier alpha value is -3.94. The van der Waals surface area contributed by atoms with Crippen LogP contribution in [0.4, 0.5) is 11.5 Å². The summed E-state index contributed by atoms with van der Waals surface area (Å²) < 4.78 is 0. The highest BCUT2D eigenvalue weighted by molar-refractivity contribution is 5.96. The summed E-state index contributed by atoms with van der Waals surface area (Å²) in [6.07, 6.45) is 7.76. The maximum Gasteiger partial charge on any atom is 0.246 e. The SMILES string of the molecule is CC(C(=O)Nc1ccnnc1)N(C)c1nc(-c2cc3ccccc3cn2)nc2c1CCC2. The molecule has 8 heteroatoms. The van der Waals surface area contributed by atoms with Gasteiger partial charge in [0.05, 0.1) is 18.1 Å². The normalized spacial score (nSPS) is 13.6. The average molecular weight is 425 g/mol. The number of nitrogens with zero attached hydrogens (tertiary/aromatic N) is 6. The molecule has 0 bridgehead atoms. The van der Waals surface area contributed by atoms with Gasteiger partial charge in [0.15, 0.2) is 5.82 Å². The molecule has 1 N–H and O–H groups in total. The van der Waals surface area contributed by atoms with E-state index < -0.39 is 6.04 Å². The lowest BCUT2D eigenvalue weighted by atomic mass is 10.1. The summed E-state index contributed by atoms with van der Waals surface area (Å²) in [6, 6.07) is 11.4. The van der Waals surface area contributed by atoms with Gasteiger partial charge in [0.25, 0.3) is 0 Å². The molecule has 1 aliphatic carbocycles. The highest BCUT2D eigenvalue weighted by atomic mass is 16.2. The maximum absolute atomic E-state index is 12.9. The van der Waals surface area contributed by atoms with Crippen LogP contribution in [0.1, 0.15) is 24.6 Å². The van der Waals surface area contributed by atoms with Crippen molar-refractivity contribution in [2.75, 3.05) is 17.3 Å². The highest BCUT2D eigenvalue weighted by Crippen LogP contribution is 2.32. The number of carbonyl (C=O) groups excluding carboxylic acids is 1. The van der Waals surface area contributed by atoms with Crippen molar-refractivity contribution in [3.8, 4) is 11.5 Å². The number of aromatic nitrogens is 5. The van der Waals surface area contributed by atoms with Crippen molar-refractivity contribution in [2.24, 2.45) is 0 Å². The summed E-state index contributed by atoms with van der Waals surface area (Å²) in [5.74, 6) is 1.23. The Bertz CT molecular complexity index is 1290. The summed E-state index contributed by atoms with van der Waals surface area (Å²) in [5, 5.41) is 12.6. The number of benzene rings is 1. The molecule has 1 aromatic carbocycles. The first-order valence-corrected chi connectivity index (χ1v) is 10.7. The van der Waals surface area contributed by atoms with Crippen molar-refractivity contribution in [1.29, 1.82) is 0 Å². The largest absolute Gasteiger partial charge is 0.348 e. The molecular formula is C24H23N7O. The van der Waals surface area contributed by atoms with E-state index in [0.717, 1.165) is 52.8 Å². The second-order valence-corrected chi connectivity index (χ2v) is 7.97. The molecule has 3 heterocycles. The molecule has 1 atom stereocenters. The molecule has 0 spiro atoms. The maximum atomic E-state index is 12.9. The quantitative estimate of drug-likeness (QED) is 0.523. The number of anilines is 2. The van der Waals surface area contributed by atoms with Gasteiger partial charge in [0.1, 0.15) is 17.6 Å². The Morgan fingerprint density at radius 2 is 1.91 bits per heavy atom. The van der Waals surface area contributed by atoms with Crippen LogP contribution in [0.25, 0.3) is 22.3 Å². The van der Waals surface area contributed by atoms with E-state index in [1.807, 2.05) is 49.3 Å². The monoisotopic (exact) mass is 425 g/mol. The van der Waals surface area contributed by atoms with Gasteiger partial charge in [0.2, 0.25) is 5.91 Å². The third-order valence-corrected chi connectivity index (χ3v) is 5.92. The molecule has 4 aromatic rings. The van der Waals surface area contributed by atoms with Gasteiger partial charge < -0.3 is 10.2 Å². The molecule has 5 rings (SSSR count). The molecule has 3 aromatic heterocycles. The van der Waals surface area contributed by atoms with Gasteiger partial charge in [-0.3, -0.25) is 9.78 Å². The minimum atomic E-state index is -0.444. The van der Waals surface area contributed by atoms with E-state index in [1.165, 1.54) is 6.20 Å². The fourth-order valence-electron chi connectivity index (χ4n) is 4.00.